The zero-order chi connectivity index (χ0) is 15.1. The summed E-state index contributed by atoms with van der Waals surface area (Å²) in [5.74, 6) is 2.27. The molecule has 0 radical (unpaired) electrons. The van der Waals surface area contributed by atoms with Gasteiger partial charge in [0.2, 0.25) is 0 Å². The van der Waals surface area contributed by atoms with Crippen molar-refractivity contribution in [2.45, 2.75) is 6.42 Å². The SMILES string of the molecule is COCCNCCc1ncc(-c2ccc(OC)c(Br)c2)o1. The third-order valence-electron chi connectivity index (χ3n) is 2.99. The van der Waals surface area contributed by atoms with Gasteiger partial charge in [-0.1, -0.05) is 0 Å². The molecule has 1 heterocycles. The molecule has 0 saturated carbocycles. The molecule has 0 aliphatic heterocycles. The molecule has 5 nitrogen and oxygen atoms in total. The fraction of sp³-hybridized carbons (Fsp3) is 0.400. The molecule has 0 saturated heterocycles. The van der Waals surface area contributed by atoms with E-state index in [2.05, 4.69) is 26.2 Å². The number of benzene rings is 1. The average molecular weight is 355 g/mol. The van der Waals surface area contributed by atoms with Crippen molar-refractivity contribution >= 4 is 15.9 Å². The first kappa shape index (κ1) is 16.0. The second-order valence-corrected chi connectivity index (χ2v) is 5.31. The Morgan fingerprint density at radius 1 is 1.29 bits per heavy atom. The van der Waals surface area contributed by atoms with Gasteiger partial charge in [0.25, 0.3) is 0 Å². The van der Waals surface area contributed by atoms with Crippen LogP contribution in [0.5, 0.6) is 5.75 Å². The Morgan fingerprint density at radius 2 is 2.14 bits per heavy atom. The Balaban J connectivity index is 1.94. The highest BCUT2D eigenvalue weighted by atomic mass is 79.9. The Morgan fingerprint density at radius 3 is 2.86 bits per heavy atom. The molecular formula is C15H19BrN2O3. The van der Waals surface area contributed by atoms with Crippen molar-refractivity contribution in [2.75, 3.05) is 33.9 Å². The van der Waals surface area contributed by atoms with Crippen molar-refractivity contribution in [3.63, 3.8) is 0 Å². The molecule has 0 aliphatic carbocycles. The topological polar surface area (TPSA) is 56.5 Å². The molecule has 0 amide bonds. The second-order valence-electron chi connectivity index (χ2n) is 4.46. The lowest BCUT2D eigenvalue weighted by Gasteiger charge is -2.04. The lowest BCUT2D eigenvalue weighted by Crippen LogP contribution is -2.21. The summed E-state index contributed by atoms with van der Waals surface area (Å²) in [6.45, 7) is 2.35. The van der Waals surface area contributed by atoms with E-state index in [1.165, 1.54) is 0 Å². The number of nitrogens with one attached hydrogen (secondary N) is 1. The van der Waals surface area contributed by atoms with Gasteiger partial charge in [0.05, 0.1) is 24.4 Å². The average Bonchev–Trinajstić information content (AvgIpc) is 2.96. The van der Waals surface area contributed by atoms with E-state index < -0.39 is 0 Å². The molecule has 0 unspecified atom stereocenters. The largest absolute Gasteiger partial charge is 0.496 e. The lowest BCUT2D eigenvalue weighted by atomic mass is 10.2. The van der Waals surface area contributed by atoms with Gasteiger partial charge in [0.15, 0.2) is 11.7 Å². The van der Waals surface area contributed by atoms with E-state index in [0.29, 0.717) is 6.61 Å². The van der Waals surface area contributed by atoms with Crippen molar-refractivity contribution < 1.29 is 13.9 Å². The first-order valence-corrected chi connectivity index (χ1v) is 7.52. The molecular weight excluding hydrogens is 336 g/mol. The minimum absolute atomic E-state index is 0.705. The van der Waals surface area contributed by atoms with E-state index >= 15 is 0 Å². The number of aromatic nitrogens is 1. The van der Waals surface area contributed by atoms with Gasteiger partial charge in [-0.05, 0) is 34.1 Å². The molecule has 0 aliphatic rings. The first-order valence-electron chi connectivity index (χ1n) is 6.73. The van der Waals surface area contributed by atoms with Gasteiger partial charge in [-0.3, -0.25) is 0 Å². The highest BCUT2D eigenvalue weighted by molar-refractivity contribution is 9.10. The van der Waals surface area contributed by atoms with Crippen LogP contribution in [0.4, 0.5) is 0 Å². The number of hydrogen-bond acceptors (Lipinski definition) is 5. The smallest absolute Gasteiger partial charge is 0.196 e. The third kappa shape index (κ3) is 4.56. The van der Waals surface area contributed by atoms with Crippen molar-refractivity contribution in [1.82, 2.24) is 10.3 Å². The standard InChI is InChI=1S/C15H19BrN2O3/c1-19-8-7-17-6-5-15-18-10-14(21-15)11-3-4-13(20-2)12(16)9-11/h3-4,9-10,17H,5-8H2,1-2H3. The van der Waals surface area contributed by atoms with Crippen LogP contribution in [0.2, 0.25) is 0 Å². The van der Waals surface area contributed by atoms with Crippen molar-refractivity contribution in [3.05, 3.63) is 34.8 Å². The van der Waals surface area contributed by atoms with Crippen LogP contribution in [0.25, 0.3) is 11.3 Å². The summed E-state index contributed by atoms with van der Waals surface area (Å²) in [5, 5.41) is 3.26. The molecule has 0 spiro atoms. The van der Waals surface area contributed by atoms with Gasteiger partial charge in [-0.2, -0.15) is 0 Å². The molecule has 0 atom stereocenters. The summed E-state index contributed by atoms with van der Waals surface area (Å²) in [5.41, 5.74) is 0.966. The van der Waals surface area contributed by atoms with Gasteiger partial charge in [0, 0.05) is 32.2 Å². The predicted octanol–water partition coefficient (Wildman–Crippen LogP) is 2.89. The molecule has 114 valence electrons. The fourth-order valence-corrected chi connectivity index (χ4v) is 2.41. The normalized spacial score (nSPS) is 10.8. The van der Waals surface area contributed by atoms with Gasteiger partial charge in [-0.25, -0.2) is 4.98 Å². The van der Waals surface area contributed by atoms with Crippen LogP contribution >= 0.6 is 15.9 Å². The highest BCUT2D eigenvalue weighted by Gasteiger charge is 2.08. The fourth-order valence-electron chi connectivity index (χ4n) is 1.87. The number of methoxy groups -OCH3 is 2. The van der Waals surface area contributed by atoms with Gasteiger partial charge < -0.3 is 19.2 Å². The molecule has 2 rings (SSSR count). The molecule has 21 heavy (non-hydrogen) atoms. The molecule has 1 aromatic heterocycles. The maximum Gasteiger partial charge on any atom is 0.196 e. The number of halogens is 1. The number of rotatable bonds is 8. The third-order valence-corrected chi connectivity index (χ3v) is 3.61. The first-order chi connectivity index (χ1) is 10.2. The van der Waals surface area contributed by atoms with Crippen LogP contribution < -0.4 is 10.1 Å². The van der Waals surface area contributed by atoms with Crippen LogP contribution in [0.3, 0.4) is 0 Å². The highest BCUT2D eigenvalue weighted by Crippen LogP contribution is 2.30. The molecule has 2 aromatic rings. The predicted molar refractivity (Wildman–Crippen MR) is 84.6 cm³/mol. The van der Waals surface area contributed by atoms with Crippen molar-refractivity contribution in [2.24, 2.45) is 0 Å². The monoisotopic (exact) mass is 354 g/mol. The summed E-state index contributed by atoms with van der Waals surface area (Å²) in [6.07, 6.45) is 2.50. The Kier molecular flexibility index (Phi) is 6.22. The zero-order valence-corrected chi connectivity index (χ0v) is 13.8. The number of oxazole rings is 1. The zero-order valence-electron chi connectivity index (χ0n) is 12.2. The molecule has 0 fully saturated rings. The minimum atomic E-state index is 0.705. The molecule has 1 aromatic carbocycles. The Bertz CT molecular complexity index is 572. The van der Waals surface area contributed by atoms with Crippen LogP contribution in [-0.4, -0.2) is 38.9 Å². The second kappa shape index (κ2) is 8.17. The number of hydrogen-bond donors (Lipinski definition) is 1. The van der Waals surface area contributed by atoms with E-state index in [1.807, 2.05) is 18.2 Å². The number of ether oxygens (including phenoxy) is 2. The number of nitrogens with zero attached hydrogens (tertiary/aromatic N) is 1. The van der Waals surface area contributed by atoms with Crippen LogP contribution in [0.1, 0.15) is 5.89 Å². The van der Waals surface area contributed by atoms with Gasteiger partial charge >= 0.3 is 0 Å². The molecule has 6 heteroatoms. The van der Waals surface area contributed by atoms with E-state index in [4.69, 9.17) is 13.9 Å². The van der Waals surface area contributed by atoms with Crippen molar-refractivity contribution in [3.8, 4) is 17.1 Å². The molecule has 0 bridgehead atoms. The van der Waals surface area contributed by atoms with E-state index in [1.54, 1.807) is 20.4 Å². The maximum absolute atomic E-state index is 5.76. The summed E-state index contributed by atoms with van der Waals surface area (Å²) in [7, 11) is 3.33. The van der Waals surface area contributed by atoms with E-state index in [-0.39, 0.29) is 0 Å². The maximum atomic E-state index is 5.76. The van der Waals surface area contributed by atoms with Crippen molar-refractivity contribution in [1.29, 1.82) is 0 Å². The van der Waals surface area contributed by atoms with E-state index in [0.717, 1.165) is 46.9 Å². The van der Waals surface area contributed by atoms with Crippen LogP contribution in [-0.2, 0) is 11.2 Å². The molecule has 1 N–H and O–H groups in total. The quantitative estimate of drug-likeness (QED) is 0.738. The van der Waals surface area contributed by atoms with E-state index in [9.17, 15) is 0 Å². The summed E-state index contributed by atoms with van der Waals surface area (Å²) >= 11 is 3.47. The summed E-state index contributed by atoms with van der Waals surface area (Å²) < 4.78 is 16.8. The summed E-state index contributed by atoms with van der Waals surface area (Å²) in [4.78, 5) is 4.30. The van der Waals surface area contributed by atoms with Crippen LogP contribution in [0, 0.1) is 0 Å². The minimum Gasteiger partial charge on any atom is -0.496 e. The summed E-state index contributed by atoms with van der Waals surface area (Å²) in [6, 6.07) is 5.80. The van der Waals surface area contributed by atoms with Crippen LogP contribution in [0.15, 0.2) is 33.3 Å². The van der Waals surface area contributed by atoms with Gasteiger partial charge in [-0.15, -0.1) is 0 Å². The Hall–Kier alpha value is -1.37. The lowest BCUT2D eigenvalue weighted by molar-refractivity contribution is 0.199. The van der Waals surface area contributed by atoms with Gasteiger partial charge in [0.1, 0.15) is 5.75 Å². The Labute approximate surface area is 132 Å².